The molecule has 0 unspecified atom stereocenters. The number of nitro groups is 1. The molecule has 1 amide bonds. The van der Waals surface area contributed by atoms with Crippen LogP contribution in [0.4, 0.5) is 11.4 Å². The highest BCUT2D eigenvalue weighted by molar-refractivity contribution is 6.33. The molecule has 0 aliphatic heterocycles. The number of carbonyl (C=O) groups is 1. The quantitative estimate of drug-likeness (QED) is 0.518. The highest BCUT2D eigenvalue weighted by atomic mass is 35.5. The highest BCUT2D eigenvalue weighted by Crippen LogP contribution is 2.21. The maximum absolute atomic E-state index is 12.1. The molecule has 2 rings (SSSR count). The van der Waals surface area contributed by atoms with Crippen LogP contribution in [0.15, 0.2) is 42.5 Å². The molecule has 0 saturated carbocycles. The zero-order valence-electron chi connectivity index (χ0n) is 13.7. The minimum Gasteiger partial charge on any atom is -0.378 e. The number of nitrogens with zero attached hydrogens (tertiary/aromatic N) is 2. The van der Waals surface area contributed by atoms with Crippen LogP contribution >= 0.6 is 11.6 Å². The lowest BCUT2D eigenvalue weighted by molar-refractivity contribution is -0.384. The molecule has 1 N–H and O–H groups in total. The smallest absolute Gasteiger partial charge is 0.270 e. The number of hydrogen-bond acceptors (Lipinski definition) is 4. The van der Waals surface area contributed by atoms with Crippen molar-refractivity contribution in [3.63, 3.8) is 0 Å². The Hall–Kier alpha value is -3.04. The summed E-state index contributed by atoms with van der Waals surface area (Å²) in [5, 5.41) is 13.5. The molecule has 0 spiro atoms. The Morgan fingerprint density at radius 3 is 2.52 bits per heavy atom. The molecule has 0 aliphatic carbocycles. The van der Waals surface area contributed by atoms with Crippen molar-refractivity contribution in [3.05, 3.63) is 68.7 Å². The predicted molar refractivity (Wildman–Crippen MR) is 98.1 cm³/mol. The summed E-state index contributed by atoms with van der Waals surface area (Å²) < 4.78 is 0. The van der Waals surface area contributed by atoms with E-state index in [1.807, 2.05) is 43.3 Å². The second-order valence-corrected chi connectivity index (χ2v) is 5.75. The highest BCUT2D eigenvalue weighted by Gasteiger charge is 2.15. The predicted octanol–water partition coefficient (Wildman–Crippen LogP) is 3.10. The molecule has 0 bridgehead atoms. The molecule has 0 aromatic heterocycles. The summed E-state index contributed by atoms with van der Waals surface area (Å²) in [6.45, 7) is 0.104. The maximum Gasteiger partial charge on any atom is 0.270 e. The van der Waals surface area contributed by atoms with Gasteiger partial charge in [0.15, 0.2) is 0 Å². The minimum absolute atomic E-state index is 0.0491. The van der Waals surface area contributed by atoms with Crippen molar-refractivity contribution in [2.24, 2.45) is 0 Å². The SMILES string of the molecule is CN(C)c1ccc(C#CCNC(=O)c2cc([N+](=O)[O-])ccc2Cl)cc1. The van der Waals surface area contributed by atoms with Crippen molar-refractivity contribution in [1.82, 2.24) is 5.32 Å². The zero-order chi connectivity index (χ0) is 18.4. The number of carbonyl (C=O) groups excluding carboxylic acids is 1. The molecule has 25 heavy (non-hydrogen) atoms. The summed E-state index contributed by atoms with van der Waals surface area (Å²) >= 11 is 5.92. The van der Waals surface area contributed by atoms with Gasteiger partial charge in [0.05, 0.1) is 22.1 Å². The number of nitrogens with one attached hydrogen (secondary N) is 1. The molecule has 0 saturated heterocycles. The molecule has 0 atom stereocenters. The molecular weight excluding hydrogens is 342 g/mol. The number of rotatable bonds is 4. The molecule has 2 aromatic carbocycles. The fourth-order valence-electron chi connectivity index (χ4n) is 2.01. The van der Waals surface area contributed by atoms with E-state index in [0.29, 0.717) is 0 Å². The molecule has 6 nitrogen and oxygen atoms in total. The van der Waals surface area contributed by atoms with Gasteiger partial charge in [-0.15, -0.1) is 0 Å². The van der Waals surface area contributed by atoms with Crippen molar-refractivity contribution >= 4 is 28.9 Å². The zero-order valence-corrected chi connectivity index (χ0v) is 14.5. The number of nitro benzene ring substituents is 1. The summed E-state index contributed by atoms with van der Waals surface area (Å²) in [4.78, 5) is 24.3. The van der Waals surface area contributed by atoms with Crippen LogP contribution in [0, 0.1) is 22.0 Å². The molecule has 2 aromatic rings. The first-order valence-corrected chi connectivity index (χ1v) is 7.74. The van der Waals surface area contributed by atoms with Crippen LogP contribution in [-0.2, 0) is 0 Å². The van der Waals surface area contributed by atoms with Gasteiger partial charge in [-0.2, -0.15) is 0 Å². The minimum atomic E-state index is -0.579. The van der Waals surface area contributed by atoms with Crippen molar-refractivity contribution in [1.29, 1.82) is 0 Å². The monoisotopic (exact) mass is 357 g/mol. The average molecular weight is 358 g/mol. The third-order valence-corrected chi connectivity index (χ3v) is 3.69. The number of hydrogen-bond donors (Lipinski definition) is 1. The fraction of sp³-hybridized carbons (Fsp3) is 0.167. The lowest BCUT2D eigenvalue weighted by Crippen LogP contribution is -2.24. The summed E-state index contributed by atoms with van der Waals surface area (Å²) in [5.74, 6) is 5.26. The largest absolute Gasteiger partial charge is 0.378 e. The number of amides is 1. The van der Waals surface area contributed by atoms with E-state index < -0.39 is 10.8 Å². The van der Waals surface area contributed by atoms with Gasteiger partial charge >= 0.3 is 0 Å². The Labute approximate surface area is 150 Å². The van der Waals surface area contributed by atoms with E-state index >= 15 is 0 Å². The first-order valence-electron chi connectivity index (χ1n) is 7.37. The third kappa shape index (κ3) is 4.96. The van der Waals surface area contributed by atoms with Crippen LogP contribution in [-0.4, -0.2) is 31.5 Å². The lowest BCUT2D eigenvalue weighted by atomic mass is 10.2. The van der Waals surface area contributed by atoms with Crippen molar-refractivity contribution < 1.29 is 9.72 Å². The van der Waals surface area contributed by atoms with Gasteiger partial charge in [0.25, 0.3) is 11.6 Å². The lowest BCUT2D eigenvalue weighted by Gasteiger charge is -2.11. The van der Waals surface area contributed by atoms with Crippen LogP contribution in [0.5, 0.6) is 0 Å². The van der Waals surface area contributed by atoms with Crippen LogP contribution in [0.25, 0.3) is 0 Å². The molecule has 0 heterocycles. The van der Waals surface area contributed by atoms with Crippen LogP contribution < -0.4 is 10.2 Å². The van der Waals surface area contributed by atoms with E-state index in [2.05, 4.69) is 17.2 Å². The van der Waals surface area contributed by atoms with Crippen molar-refractivity contribution in [2.45, 2.75) is 0 Å². The van der Waals surface area contributed by atoms with E-state index in [4.69, 9.17) is 11.6 Å². The van der Waals surface area contributed by atoms with Gasteiger partial charge in [0, 0.05) is 37.5 Å². The molecule has 0 fully saturated rings. The van der Waals surface area contributed by atoms with Crippen LogP contribution in [0.3, 0.4) is 0 Å². The Kier molecular flexibility index (Phi) is 5.98. The third-order valence-electron chi connectivity index (χ3n) is 3.36. The van der Waals surface area contributed by atoms with E-state index in [1.54, 1.807) is 0 Å². The van der Waals surface area contributed by atoms with Gasteiger partial charge in [-0.1, -0.05) is 23.4 Å². The van der Waals surface area contributed by atoms with E-state index in [9.17, 15) is 14.9 Å². The van der Waals surface area contributed by atoms with Gasteiger partial charge < -0.3 is 10.2 Å². The summed E-state index contributed by atoms with van der Waals surface area (Å²) in [6.07, 6.45) is 0. The van der Waals surface area contributed by atoms with Crippen molar-refractivity contribution in [2.75, 3.05) is 25.5 Å². The first kappa shape index (κ1) is 18.3. The standard InChI is InChI=1S/C18H16ClN3O3/c1-21(2)14-7-5-13(6-8-14)4-3-11-20-18(23)16-12-15(22(24)25)9-10-17(16)19/h5-10,12H,11H2,1-2H3,(H,20,23). The van der Waals surface area contributed by atoms with Gasteiger partial charge in [0.1, 0.15) is 0 Å². The number of non-ortho nitro benzene ring substituents is 1. The summed E-state index contributed by atoms with van der Waals surface area (Å²) in [5.41, 5.74) is 1.75. The average Bonchev–Trinajstić information content (AvgIpc) is 2.59. The number of anilines is 1. The van der Waals surface area contributed by atoms with E-state index in [-0.39, 0.29) is 22.8 Å². The van der Waals surface area contributed by atoms with Crippen molar-refractivity contribution in [3.8, 4) is 11.8 Å². The van der Waals surface area contributed by atoms with E-state index in [0.717, 1.165) is 17.3 Å². The van der Waals surface area contributed by atoms with Gasteiger partial charge in [-0.3, -0.25) is 14.9 Å². The Balaban J connectivity index is 1.99. The molecule has 0 aliphatic rings. The number of benzene rings is 2. The normalized spacial score (nSPS) is 9.72. The summed E-state index contributed by atoms with van der Waals surface area (Å²) in [6, 6.07) is 11.4. The first-order chi connectivity index (χ1) is 11.9. The maximum atomic E-state index is 12.1. The summed E-state index contributed by atoms with van der Waals surface area (Å²) in [7, 11) is 3.91. The van der Waals surface area contributed by atoms with Gasteiger partial charge in [-0.05, 0) is 30.3 Å². The number of halogens is 1. The second kappa shape index (κ2) is 8.18. The fourth-order valence-corrected chi connectivity index (χ4v) is 2.21. The van der Waals surface area contributed by atoms with Gasteiger partial charge in [-0.25, -0.2) is 0 Å². The Bertz CT molecular complexity index is 852. The van der Waals surface area contributed by atoms with Gasteiger partial charge in [0.2, 0.25) is 0 Å². The molecule has 7 heteroatoms. The second-order valence-electron chi connectivity index (χ2n) is 5.35. The van der Waals surface area contributed by atoms with Crippen LogP contribution in [0.2, 0.25) is 5.02 Å². The molecule has 128 valence electrons. The molecular formula is C18H16ClN3O3. The molecule has 0 radical (unpaired) electrons. The van der Waals surface area contributed by atoms with E-state index in [1.165, 1.54) is 12.1 Å². The Morgan fingerprint density at radius 1 is 1.24 bits per heavy atom. The van der Waals surface area contributed by atoms with Crippen LogP contribution in [0.1, 0.15) is 15.9 Å². The topological polar surface area (TPSA) is 75.5 Å². The Morgan fingerprint density at radius 2 is 1.92 bits per heavy atom.